The molecule has 0 radical (unpaired) electrons. The van der Waals surface area contributed by atoms with E-state index in [0.717, 1.165) is 9.50 Å². The molecule has 6 heteroatoms. The van der Waals surface area contributed by atoms with Gasteiger partial charge in [-0.25, -0.2) is 4.98 Å². The number of pyridine rings is 1. The van der Waals surface area contributed by atoms with Crippen molar-refractivity contribution in [3.05, 3.63) is 22.8 Å². The molecule has 15 heavy (non-hydrogen) atoms. The zero-order valence-corrected chi connectivity index (χ0v) is 10.6. The van der Waals surface area contributed by atoms with Gasteiger partial charge in [-0.2, -0.15) is 0 Å². The SMILES string of the molecule is CC(N)(CSc1ccc(Br)cn1)C(N)=O. The largest absolute Gasteiger partial charge is 0.368 e. The number of nitrogens with zero attached hydrogens (tertiary/aromatic N) is 1. The van der Waals surface area contributed by atoms with Crippen molar-refractivity contribution in [2.24, 2.45) is 11.5 Å². The molecule has 1 rings (SSSR count). The Morgan fingerprint density at radius 1 is 1.67 bits per heavy atom. The quantitative estimate of drug-likeness (QED) is 0.815. The van der Waals surface area contributed by atoms with Gasteiger partial charge in [0.15, 0.2) is 0 Å². The van der Waals surface area contributed by atoms with Gasteiger partial charge >= 0.3 is 0 Å². The molecule has 1 atom stereocenters. The number of aromatic nitrogens is 1. The molecule has 0 spiro atoms. The lowest BCUT2D eigenvalue weighted by Gasteiger charge is -2.19. The van der Waals surface area contributed by atoms with Gasteiger partial charge in [0.05, 0.1) is 5.03 Å². The van der Waals surface area contributed by atoms with Crippen molar-refractivity contribution < 1.29 is 4.79 Å². The van der Waals surface area contributed by atoms with Crippen molar-refractivity contribution in [1.29, 1.82) is 0 Å². The van der Waals surface area contributed by atoms with Crippen LogP contribution in [0.25, 0.3) is 0 Å². The topological polar surface area (TPSA) is 82.0 Å². The molecular weight excluding hydrogens is 278 g/mol. The Bertz CT molecular complexity index is 353. The minimum absolute atomic E-state index is 0.414. The first-order valence-corrected chi connectivity index (χ1v) is 6.03. The van der Waals surface area contributed by atoms with Crippen LogP contribution in [-0.4, -0.2) is 22.2 Å². The van der Waals surface area contributed by atoms with Gasteiger partial charge in [0.1, 0.15) is 5.54 Å². The smallest absolute Gasteiger partial charge is 0.238 e. The molecule has 0 saturated carbocycles. The lowest BCUT2D eigenvalue weighted by molar-refractivity contribution is -0.121. The van der Waals surface area contributed by atoms with Crippen LogP contribution in [0.1, 0.15) is 6.92 Å². The molecule has 0 aliphatic rings. The van der Waals surface area contributed by atoms with Crippen LogP contribution in [0.3, 0.4) is 0 Å². The first-order valence-electron chi connectivity index (χ1n) is 4.25. The summed E-state index contributed by atoms with van der Waals surface area (Å²) in [5.74, 6) is -0.0936. The predicted octanol–water partition coefficient (Wildman–Crippen LogP) is 1.14. The zero-order chi connectivity index (χ0) is 11.5. The first-order chi connectivity index (χ1) is 6.92. The van der Waals surface area contributed by atoms with E-state index in [1.165, 1.54) is 11.8 Å². The molecule has 0 aliphatic heterocycles. The van der Waals surface area contributed by atoms with Crippen molar-refractivity contribution >= 4 is 33.6 Å². The van der Waals surface area contributed by atoms with Gasteiger partial charge in [-0.3, -0.25) is 4.79 Å². The van der Waals surface area contributed by atoms with Gasteiger partial charge in [-0.1, -0.05) is 0 Å². The Hall–Kier alpha value is -0.590. The third-order valence-corrected chi connectivity index (χ3v) is 3.53. The molecule has 1 aromatic heterocycles. The lowest BCUT2D eigenvalue weighted by Crippen LogP contribution is -2.51. The van der Waals surface area contributed by atoms with Crippen molar-refractivity contribution in [2.75, 3.05) is 5.75 Å². The Morgan fingerprint density at radius 2 is 2.33 bits per heavy atom. The normalized spacial score (nSPS) is 14.6. The molecular formula is C9H12BrN3OS. The van der Waals surface area contributed by atoms with E-state index in [1.807, 2.05) is 12.1 Å². The number of carbonyl (C=O) groups excluding carboxylic acids is 1. The summed E-state index contributed by atoms with van der Waals surface area (Å²) in [6.45, 7) is 1.61. The van der Waals surface area contributed by atoms with Gasteiger partial charge < -0.3 is 11.5 Å². The average Bonchev–Trinajstić information content (AvgIpc) is 2.17. The van der Waals surface area contributed by atoms with Crippen molar-refractivity contribution in [3.63, 3.8) is 0 Å². The maximum absolute atomic E-state index is 11.0. The second kappa shape index (κ2) is 4.96. The summed E-state index contributed by atoms with van der Waals surface area (Å²) in [5.41, 5.74) is 9.86. The van der Waals surface area contributed by atoms with E-state index in [0.29, 0.717) is 5.75 Å². The Labute approximate surface area is 101 Å². The molecule has 0 aromatic carbocycles. The van der Waals surface area contributed by atoms with Crippen molar-refractivity contribution in [1.82, 2.24) is 4.98 Å². The summed E-state index contributed by atoms with van der Waals surface area (Å²) in [6.07, 6.45) is 1.69. The van der Waals surface area contributed by atoms with Crippen molar-refractivity contribution in [2.45, 2.75) is 17.5 Å². The standard InChI is InChI=1S/C9H12BrN3OS/c1-9(12,8(11)14)5-15-7-3-2-6(10)4-13-7/h2-4H,5,12H2,1H3,(H2,11,14). The molecule has 4 nitrogen and oxygen atoms in total. The highest BCUT2D eigenvalue weighted by Gasteiger charge is 2.25. The monoisotopic (exact) mass is 289 g/mol. The second-order valence-corrected chi connectivity index (χ2v) is 5.30. The molecule has 0 saturated heterocycles. The van der Waals surface area contributed by atoms with E-state index in [2.05, 4.69) is 20.9 Å². The fourth-order valence-electron chi connectivity index (χ4n) is 0.743. The maximum Gasteiger partial charge on any atom is 0.238 e. The van der Waals surface area contributed by atoms with Gasteiger partial charge in [-0.15, -0.1) is 11.8 Å². The fraction of sp³-hybridized carbons (Fsp3) is 0.333. The molecule has 82 valence electrons. The maximum atomic E-state index is 11.0. The number of hydrogen-bond donors (Lipinski definition) is 2. The minimum Gasteiger partial charge on any atom is -0.368 e. The number of halogens is 1. The Balaban J connectivity index is 2.57. The predicted molar refractivity (Wildman–Crippen MR) is 64.4 cm³/mol. The summed E-state index contributed by atoms with van der Waals surface area (Å²) >= 11 is 4.70. The Kier molecular flexibility index (Phi) is 4.12. The van der Waals surface area contributed by atoms with Crippen LogP contribution in [0.2, 0.25) is 0 Å². The van der Waals surface area contributed by atoms with Gasteiger partial charge in [-0.05, 0) is 35.0 Å². The molecule has 1 unspecified atom stereocenters. The van der Waals surface area contributed by atoms with E-state index in [4.69, 9.17) is 11.5 Å². The lowest BCUT2D eigenvalue weighted by atomic mass is 10.1. The highest BCUT2D eigenvalue weighted by molar-refractivity contribution is 9.10. The van der Waals surface area contributed by atoms with E-state index in [9.17, 15) is 4.79 Å². The van der Waals surface area contributed by atoms with Crippen LogP contribution in [0.15, 0.2) is 27.8 Å². The van der Waals surface area contributed by atoms with Gasteiger partial charge in [0.25, 0.3) is 0 Å². The van der Waals surface area contributed by atoms with Gasteiger partial charge in [0, 0.05) is 16.4 Å². The highest BCUT2D eigenvalue weighted by atomic mass is 79.9. The third-order valence-electron chi connectivity index (χ3n) is 1.78. The van der Waals surface area contributed by atoms with Crippen LogP contribution in [0, 0.1) is 0 Å². The third kappa shape index (κ3) is 3.81. The fourth-order valence-corrected chi connectivity index (χ4v) is 1.86. The molecule has 0 aliphatic carbocycles. The number of amides is 1. The summed E-state index contributed by atoms with van der Waals surface area (Å²) < 4.78 is 0.914. The average molecular weight is 290 g/mol. The molecule has 1 amide bonds. The zero-order valence-electron chi connectivity index (χ0n) is 8.24. The molecule has 0 bridgehead atoms. The summed E-state index contributed by atoms with van der Waals surface area (Å²) in [7, 11) is 0. The first kappa shape index (κ1) is 12.5. The van der Waals surface area contributed by atoms with E-state index in [1.54, 1.807) is 13.1 Å². The number of rotatable bonds is 4. The summed E-state index contributed by atoms with van der Waals surface area (Å²) in [6, 6.07) is 3.74. The number of carbonyl (C=O) groups is 1. The second-order valence-electron chi connectivity index (χ2n) is 3.39. The molecule has 1 heterocycles. The molecule has 0 fully saturated rings. The van der Waals surface area contributed by atoms with Crippen LogP contribution in [0.5, 0.6) is 0 Å². The molecule has 4 N–H and O–H groups in total. The number of hydrogen-bond acceptors (Lipinski definition) is 4. The summed E-state index contributed by atoms with van der Waals surface area (Å²) in [4.78, 5) is 15.1. The van der Waals surface area contributed by atoms with Gasteiger partial charge in [0.2, 0.25) is 5.91 Å². The van der Waals surface area contributed by atoms with E-state index >= 15 is 0 Å². The van der Waals surface area contributed by atoms with Crippen LogP contribution in [-0.2, 0) is 4.79 Å². The van der Waals surface area contributed by atoms with Crippen LogP contribution in [0.4, 0.5) is 0 Å². The van der Waals surface area contributed by atoms with Crippen LogP contribution >= 0.6 is 27.7 Å². The minimum atomic E-state index is -1.00. The van der Waals surface area contributed by atoms with Crippen LogP contribution < -0.4 is 11.5 Å². The number of primary amides is 1. The molecule has 1 aromatic rings. The van der Waals surface area contributed by atoms with E-state index in [-0.39, 0.29) is 0 Å². The number of thioether (sulfide) groups is 1. The highest BCUT2D eigenvalue weighted by Crippen LogP contribution is 2.20. The summed E-state index contributed by atoms with van der Waals surface area (Å²) in [5, 5.41) is 0.816. The van der Waals surface area contributed by atoms with Crippen molar-refractivity contribution in [3.8, 4) is 0 Å². The number of nitrogens with two attached hydrogens (primary N) is 2. The Morgan fingerprint density at radius 3 is 2.80 bits per heavy atom. The van der Waals surface area contributed by atoms with E-state index < -0.39 is 11.4 Å².